The van der Waals surface area contributed by atoms with Crippen LogP contribution in [-0.2, 0) is 0 Å². The first kappa shape index (κ1) is 9.52. The van der Waals surface area contributed by atoms with E-state index in [1.54, 1.807) is 12.3 Å². The summed E-state index contributed by atoms with van der Waals surface area (Å²) >= 11 is 0. The van der Waals surface area contributed by atoms with Crippen LogP contribution in [0.1, 0.15) is 16.1 Å². The molecule has 1 N–H and O–H groups in total. The average molecular weight is 201 g/mol. The summed E-state index contributed by atoms with van der Waals surface area (Å²) in [5.74, 6) is 0.102. The number of para-hydroxylation sites is 1. The SMILES string of the molecule is Cc1coc(C(=O)Nc2ccccc2)c1. The molecule has 0 atom stereocenters. The smallest absolute Gasteiger partial charge is 0.291 e. The summed E-state index contributed by atoms with van der Waals surface area (Å²) in [6.07, 6.45) is 1.56. The normalized spacial score (nSPS) is 9.93. The second kappa shape index (κ2) is 4.00. The molecule has 0 aliphatic heterocycles. The number of hydrogen-bond donors (Lipinski definition) is 1. The highest BCUT2D eigenvalue weighted by Gasteiger charge is 2.09. The molecule has 0 spiro atoms. The van der Waals surface area contributed by atoms with Crippen molar-refractivity contribution in [2.75, 3.05) is 5.32 Å². The van der Waals surface area contributed by atoms with Crippen LogP contribution in [-0.4, -0.2) is 5.91 Å². The van der Waals surface area contributed by atoms with Crippen molar-refractivity contribution in [3.05, 3.63) is 54.0 Å². The number of anilines is 1. The molecule has 1 aromatic carbocycles. The van der Waals surface area contributed by atoms with Gasteiger partial charge in [0.1, 0.15) is 0 Å². The van der Waals surface area contributed by atoms with Crippen molar-refractivity contribution in [1.82, 2.24) is 0 Å². The molecule has 0 saturated heterocycles. The molecule has 3 nitrogen and oxygen atoms in total. The van der Waals surface area contributed by atoms with Gasteiger partial charge in [-0.1, -0.05) is 18.2 Å². The molecule has 0 bridgehead atoms. The van der Waals surface area contributed by atoms with Crippen LogP contribution < -0.4 is 5.32 Å². The zero-order valence-electron chi connectivity index (χ0n) is 8.36. The number of hydrogen-bond acceptors (Lipinski definition) is 2. The summed E-state index contributed by atoms with van der Waals surface area (Å²) in [6, 6.07) is 11.0. The standard InChI is InChI=1S/C12H11NO2/c1-9-7-11(15-8-9)12(14)13-10-5-3-2-4-6-10/h2-8H,1H3,(H,13,14). The molecule has 2 aromatic rings. The van der Waals surface area contributed by atoms with E-state index >= 15 is 0 Å². The fourth-order valence-electron chi connectivity index (χ4n) is 1.26. The summed E-state index contributed by atoms with van der Waals surface area (Å²) in [4.78, 5) is 11.6. The molecule has 0 aliphatic rings. The summed E-state index contributed by atoms with van der Waals surface area (Å²) in [7, 11) is 0. The zero-order chi connectivity index (χ0) is 10.7. The highest BCUT2D eigenvalue weighted by Crippen LogP contribution is 2.10. The van der Waals surface area contributed by atoms with Crippen molar-refractivity contribution in [2.45, 2.75) is 6.92 Å². The number of furan rings is 1. The second-order valence-corrected chi connectivity index (χ2v) is 3.31. The topological polar surface area (TPSA) is 42.2 Å². The maximum absolute atomic E-state index is 11.6. The first-order chi connectivity index (χ1) is 7.25. The minimum atomic E-state index is -0.227. The monoisotopic (exact) mass is 201 g/mol. The van der Waals surface area contributed by atoms with E-state index in [9.17, 15) is 4.79 Å². The van der Waals surface area contributed by atoms with Crippen molar-refractivity contribution in [3.8, 4) is 0 Å². The van der Waals surface area contributed by atoms with Gasteiger partial charge >= 0.3 is 0 Å². The van der Waals surface area contributed by atoms with Crippen LogP contribution in [0.15, 0.2) is 47.1 Å². The summed E-state index contributed by atoms with van der Waals surface area (Å²) < 4.78 is 5.09. The van der Waals surface area contributed by atoms with Crippen LogP contribution in [0, 0.1) is 6.92 Å². The Morgan fingerprint density at radius 2 is 2.00 bits per heavy atom. The van der Waals surface area contributed by atoms with Gasteiger partial charge in [-0.2, -0.15) is 0 Å². The molecule has 0 saturated carbocycles. The van der Waals surface area contributed by atoms with Crippen LogP contribution in [0.2, 0.25) is 0 Å². The van der Waals surface area contributed by atoms with Gasteiger partial charge in [-0.15, -0.1) is 0 Å². The van der Waals surface area contributed by atoms with Crippen LogP contribution in [0.4, 0.5) is 5.69 Å². The first-order valence-corrected chi connectivity index (χ1v) is 4.67. The van der Waals surface area contributed by atoms with Crippen LogP contribution in [0.5, 0.6) is 0 Å². The van der Waals surface area contributed by atoms with E-state index in [4.69, 9.17) is 4.42 Å². The number of rotatable bonds is 2. The molecular weight excluding hydrogens is 190 g/mol. The van der Waals surface area contributed by atoms with Crippen molar-refractivity contribution in [2.24, 2.45) is 0 Å². The quantitative estimate of drug-likeness (QED) is 0.811. The summed E-state index contributed by atoms with van der Waals surface area (Å²) in [5, 5.41) is 2.74. The number of aryl methyl sites for hydroxylation is 1. The molecule has 3 heteroatoms. The largest absolute Gasteiger partial charge is 0.459 e. The van der Waals surface area contributed by atoms with Gasteiger partial charge in [-0.3, -0.25) is 4.79 Å². The second-order valence-electron chi connectivity index (χ2n) is 3.31. The Kier molecular flexibility index (Phi) is 2.54. The molecule has 0 fully saturated rings. The predicted molar refractivity (Wildman–Crippen MR) is 57.8 cm³/mol. The minimum absolute atomic E-state index is 0.227. The molecule has 15 heavy (non-hydrogen) atoms. The van der Waals surface area contributed by atoms with E-state index in [2.05, 4.69) is 5.32 Å². The fourth-order valence-corrected chi connectivity index (χ4v) is 1.26. The van der Waals surface area contributed by atoms with Gasteiger partial charge in [-0.25, -0.2) is 0 Å². The molecule has 0 unspecified atom stereocenters. The van der Waals surface area contributed by atoms with Crippen molar-refractivity contribution < 1.29 is 9.21 Å². The number of benzene rings is 1. The van der Waals surface area contributed by atoms with E-state index in [1.165, 1.54) is 0 Å². The van der Waals surface area contributed by atoms with Gasteiger partial charge < -0.3 is 9.73 Å². The first-order valence-electron chi connectivity index (χ1n) is 4.67. The number of carbonyl (C=O) groups is 1. The summed E-state index contributed by atoms with van der Waals surface area (Å²) in [6.45, 7) is 1.88. The number of amides is 1. The minimum Gasteiger partial charge on any atom is -0.459 e. The zero-order valence-corrected chi connectivity index (χ0v) is 8.36. The lowest BCUT2D eigenvalue weighted by Gasteiger charge is -2.01. The Morgan fingerprint density at radius 3 is 2.60 bits per heavy atom. The molecule has 76 valence electrons. The van der Waals surface area contributed by atoms with E-state index < -0.39 is 0 Å². The molecule has 0 radical (unpaired) electrons. The van der Waals surface area contributed by atoms with Gasteiger partial charge in [0, 0.05) is 5.69 Å². The highest BCUT2D eigenvalue weighted by molar-refractivity contribution is 6.02. The molecular formula is C12H11NO2. The van der Waals surface area contributed by atoms with Crippen LogP contribution in [0.3, 0.4) is 0 Å². The molecule has 1 aromatic heterocycles. The molecule has 1 heterocycles. The van der Waals surface area contributed by atoms with Crippen molar-refractivity contribution >= 4 is 11.6 Å². The lowest BCUT2D eigenvalue weighted by atomic mass is 10.3. The van der Waals surface area contributed by atoms with E-state index in [0.29, 0.717) is 5.76 Å². The predicted octanol–water partition coefficient (Wildman–Crippen LogP) is 2.84. The molecule has 2 rings (SSSR count). The van der Waals surface area contributed by atoms with E-state index in [0.717, 1.165) is 11.3 Å². The van der Waals surface area contributed by atoms with Crippen LogP contribution in [0.25, 0.3) is 0 Å². The van der Waals surface area contributed by atoms with Crippen molar-refractivity contribution in [3.63, 3.8) is 0 Å². The van der Waals surface area contributed by atoms with Gasteiger partial charge in [0.15, 0.2) is 5.76 Å². The highest BCUT2D eigenvalue weighted by atomic mass is 16.3. The third-order valence-corrected chi connectivity index (χ3v) is 1.99. The maximum atomic E-state index is 11.6. The van der Waals surface area contributed by atoms with Crippen LogP contribution >= 0.6 is 0 Å². The lowest BCUT2D eigenvalue weighted by molar-refractivity contribution is 0.0996. The van der Waals surface area contributed by atoms with Gasteiger partial charge in [0.2, 0.25) is 0 Å². The van der Waals surface area contributed by atoms with Gasteiger partial charge in [0.25, 0.3) is 5.91 Å². The van der Waals surface area contributed by atoms with Gasteiger partial charge in [-0.05, 0) is 30.7 Å². The Morgan fingerprint density at radius 1 is 1.27 bits per heavy atom. The van der Waals surface area contributed by atoms with Crippen molar-refractivity contribution in [1.29, 1.82) is 0 Å². The average Bonchev–Trinajstić information content (AvgIpc) is 2.66. The lowest BCUT2D eigenvalue weighted by Crippen LogP contribution is -2.10. The third kappa shape index (κ3) is 2.26. The van der Waals surface area contributed by atoms with Gasteiger partial charge in [0.05, 0.1) is 6.26 Å². The Balaban J connectivity index is 2.11. The number of nitrogens with one attached hydrogen (secondary N) is 1. The molecule has 0 aliphatic carbocycles. The molecule has 1 amide bonds. The maximum Gasteiger partial charge on any atom is 0.291 e. The summed E-state index contributed by atoms with van der Waals surface area (Å²) in [5.41, 5.74) is 1.70. The third-order valence-electron chi connectivity index (χ3n) is 1.99. The fraction of sp³-hybridized carbons (Fsp3) is 0.0833. The van der Waals surface area contributed by atoms with E-state index in [-0.39, 0.29) is 5.91 Å². The Labute approximate surface area is 87.7 Å². The van der Waals surface area contributed by atoms with E-state index in [1.807, 2.05) is 37.3 Å². The Hall–Kier alpha value is -2.03. The Bertz CT molecular complexity index is 459. The number of carbonyl (C=O) groups excluding carboxylic acids is 1.